The van der Waals surface area contributed by atoms with E-state index in [0.717, 1.165) is 4.57 Å². The number of hydrogen-bond acceptors (Lipinski definition) is 4. The first-order valence-electron chi connectivity index (χ1n) is 9.10. The summed E-state index contributed by atoms with van der Waals surface area (Å²) in [5, 5.41) is 11.5. The third kappa shape index (κ3) is 4.51. The van der Waals surface area contributed by atoms with E-state index in [1.54, 1.807) is 62.4 Å². The molecule has 2 atom stereocenters. The van der Waals surface area contributed by atoms with E-state index in [4.69, 9.17) is 10.00 Å². The number of nitriles is 1. The Morgan fingerprint density at radius 1 is 1.21 bits per heavy atom. The third-order valence-electron chi connectivity index (χ3n) is 4.51. The summed E-state index contributed by atoms with van der Waals surface area (Å²) in [7, 11) is 0. The lowest BCUT2D eigenvalue weighted by Gasteiger charge is -2.18. The molecule has 0 aliphatic rings. The van der Waals surface area contributed by atoms with Gasteiger partial charge < -0.3 is 10.1 Å². The van der Waals surface area contributed by atoms with Crippen LogP contribution in [0.15, 0.2) is 48.5 Å². The van der Waals surface area contributed by atoms with Crippen molar-refractivity contribution in [1.82, 2.24) is 14.9 Å². The fourth-order valence-corrected chi connectivity index (χ4v) is 2.97. The quantitative estimate of drug-likeness (QED) is 0.653. The molecule has 3 aromatic rings. The molecule has 29 heavy (non-hydrogen) atoms. The summed E-state index contributed by atoms with van der Waals surface area (Å²) < 4.78 is 33.6. The minimum absolute atomic E-state index is 0.135. The van der Waals surface area contributed by atoms with Crippen LogP contribution in [-0.4, -0.2) is 28.1 Å². The first-order chi connectivity index (χ1) is 13.9. The van der Waals surface area contributed by atoms with Gasteiger partial charge in [-0.2, -0.15) is 14.0 Å². The fraction of sp³-hybridized carbons (Fsp3) is 0.286. The van der Waals surface area contributed by atoms with E-state index >= 15 is 0 Å². The number of amides is 1. The van der Waals surface area contributed by atoms with Crippen LogP contribution in [0, 0.1) is 11.3 Å². The molecule has 6 nitrogen and oxygen atoms in total. The summed E-state index contributed by atoms with van der Waals surface area (Å²) in [6, 6.07) is 15.1. The minimum atomic E-state index is -2.73. The van der Waals surface area contributed by atoms with E-state index in [1.807, 2.05) is 6.07 Å². The molecule has 1 N–H and O–H groups in total. The SMILES string of the molecule is C[C@H](Oc1ccc(C#N)cc1)C(=O)NC[C@H](C)c1nc2ccccc2n1C(F)F. The lowest BCUT2D eigenvalue weighted by molar-refractivity contribution is -0.127. The molecule has 0 spiro atoms. The number of nitrogens with one attached hydrogen (secondary N) is 1. The zero-order valence-corrected chi connectivity index (χ0v) is 16.0. The second kappa shape index (κ2) is 8.69. The van der Waals surface area contributed by atoms with Crippen LogP contribution in [0.4, 0.5) is 8.78 Å². The lowest BCUT2D eigenvalue weighted by Crippen LogP contribution is -2.38. The zero-order chi connectivity index (χ0) is 21.0. The summed E-state index contributed by atoms with van der Waals surface area (Å²) in [6.45, 7) is 0.726. The average Bonchev–Trinajstić information content (AvgIpc) is 3.12. The average molecular weight is 398 g/mol. The van der Waals surface area contributed by atoms with Gasteiger partial charge in [0.05, 0.1) is 22.7 Å². The highest BCUT2D eigenvalue weighted by molar-refractivity contribution is 5.81. The molecule has 150 valence electrons. The largest absolute Gasteiger partial charge is 0.481 e. The van der Waals surface area contributed by atoms with E-state index in [0.29, 0.717) is 22.3 Å². The molecule has 1 aromatic heterocycles. The van der Waals surface area contributed by atoms with E-state index in [2.05, 4.69) is 10.3 Å². The number of para-hydroxylation sites is 2. The number of fused-ring (bicyclic) bond motifs is 1. The number of aromatic nitrogens is 2. The molecule has 0 fully saturated rings. The number of halogens is 2. The Balaban J connectivity index is 1.64. The Hall–Kier alpha value is -3.47. The van der Waals surface area contributed by atoms with Crippen LogP contribution in [0.25, 0.3) is 11.0 Å². The van der Waals surface area contributed by atoms with Crippen molar-refractivity contribution in [2.75, 3.05) is 6.54 Å². The lowest BCUT2D eigenvalue weighted by atomic mass is 10.1. The molecule has 0 bridgehead atoms. The maximum Gasteiger partial charge on any atom is 0.320 e. The Morgan fingerprint density at radius 3 is 2.55 bits per heavy atom. The number of alkyl halides is 2. The van der Waals surface area contributed by atoms with Gasteiger partial charge in [0.1, 0.15) is 11.6 Å². The van der Waals surface area contributed by atoms with Gasteiger partial charge in [-0.3, -0.25) is 9.36 Å². The third-order valence-corrected chi connectivity index (χ3v) is 4.51. The zero-order valence-electron chi connectivity index (χ0n) is 16.0. The Morgan fingerprint density at radius 2 is 1.90 bits per heavy atom. The van der Waals surface area contributed by atoms with E-state index in [9.17, 15) is 13.6 Å². The number of imidazole rings is 1. The number of carbonyl (C=O) groups excluding carboxylic acids is 1. The highest BCUT2D eigenvalue weighted by Gasteiger charge is 2.23. The van der Waals surface area contributed by atoms with Crippen molar-refractivity contribution >= 4 is 16.9 Å². The van der Waals surface area contributed by atoms with Crippen molar-refractivity contribution in [2.24, 2.45) is 0 Å². The Kier molecular flexibility index (Phi) is 6.07. The minimum Gasteiger partial charge on any atom is -0.481 e. The van der Waals surface area contributed by atoms with Crippen LogP contribution in [0.3, 0.4) is 0 Å². The smallest absolute Gasteiger partial charge is 0.320 e. The number of ether oxygens (including phenoxy) is 1. The molecule has 1 amide bonds. The Labute approximate surface area is 166 Å². The van der Waals surface area contributed by atoms with Gasteiger partial charge in [-0.25, -0.2) is 4.98 Å². The first kappa shape index (κ1) is 20.3. The van der Waals surface area contributed by atoms with Gasteiger partial charge in [-0.05, 0) is 43.3 Å². The van der Waals surface area contributed by atoms with Crippen LogP contribution < -0.4 is 10.1 Å². The van der Waals surface area contributed by atoms with Crippen molar-refractivity contribution in [3.63, 3.8) is 0 Å². The van der Waals surface area contributed by atoms with Gasteiger partial charge in [-0.15, -0.1) is 0 Å². The van der Waals surface area contributed by atoms with Crippen molar-refractivity contribution in [3.8, 4) is 11.8 Å². The molecule has 0 aliphatic heterocycles. The predicted molar refractivity (Wildman–Crippen MR) is 104 cm³/mol. The summed E-state index contributed by atoms with van der Waals surface area (Å²) in [4.78, 5) is 16.6. The van der Waals surface area contributed by atoms with Crippen molar-refractivity contribution in [3.05, 3.63) is 59.9 Å². The van der Waals surface area contributed by atoms with Gasteiger partial charge in [-0.1, -0.05) is 19.1 Å². The number of rotatable bonds is 7. The van der Waals surface area contributed by atoms with Crippen LogP contribution in [0.5, 0.6) is 5.75 Å². The monoisotopic (exact) mass is 398 g/mol. The molecule has 2 aromatic carbocycles. The first-order valence-corrected chi connectivity index (χ1v) is 9.10. The van der Waals surface area contributed by atoms with Crippen LogP contribution >= 0.6 is 0 Å². The van der Waals surface area contributed by atoms with Crippen LogP contribution in [0.2, 0.25) is 0 Å². The fourth-order valence-electron chi connectivity index (χ4n) is 2.97. The highest BCUT2D eigenvalue weighted by atomic mass is 19.3. The Bertz CT molecular complexity index is 1040. The van der Waals surface area contributed by atoms with Gasteiger partial charge >= 0.3 is 6.55 Å². The summed E-state index contributed by atoms with van der Waals surface area (Å²) in [5.74, 6) is -0.135. The van der Waals surface area contributed by atoms with Gasteiger partial charge in [0.2, 0.25) is 0 Å². The number of carbonyl (C=O) groups is 1. The van der Waals surface area contributed by atoms with E-state index < -0.39 is 18.6 Å². The van der Waals surface area contributed by atoms with Crippen LogP contribution in [-0.2, 0) is 4.79 Å². The number of nitrogens with zero attached hydrogens (tertiary/aromatic N) is 3. The normalized spacial score (nSPS) is 13.1. The molecule has 0 unspecified atom stereocenters. The molecule has 0 radical (unpaired) electrons. The van der Waals surface area contributed by atoms with Crippen molar-refractivity contribution < 1.29 is 18.3 Å². The highest BCUT2D eigenvalue weighted by Crippen LogP contribution is 2.27. The number of benzene rings is 2. The predicted octanol–water partition coefficient (Wildman–Crippen LogP) is 3.99. The molecular formula is C21H20F2N4O2. The van der Waals surface area contributed by atoms with Gasteiger partial charge in [0, 0.05) is 12.5 Å². The maximum atomic E-state index is 13.6. The molecule has 8 heteroatoms. The van der Waals surface area contributed by atoms with E-state index in [-0.39, 0.29) is 18.3 Å². The molecule has 3 rings (SSSR count). The second-order valence-corrected chi connectivity index (χ2v) is 6.65. The molecule has 0 saturated carbocycles. The maximum absolute atomic E-state index is 13.6. The molecular weight excluding hydrogens is 378 g/mol. The van der Waals surface area contributed by atoms with Gasteiger partial charge in [0.15, 0.2) is 6.10 Å². The van der Waals surface area contributed by atoms with E-state index in [1.165, 1.54) is 0 Å². The summed E-state index contributed by atoms with van der Waals surface area (Å²) in [6.07, 6.45) is -0.788. The number of hydrogen-bond donors (Lipinski definition) is 1. The second-order valence-electron chi connectivity index (χ2n) is 6.65. The van der Waals surface area contributed by atoms with Crippen molar-refractivity contribution in [2.45, 2.75) is 32.4 Å². The molecule has 1 heterocycles. The molecule has 0 aliphatic carbocycles. The standard InChI is InChI=1S/C21H20F2N4O2/c1-13(19-26-17-5-3-4-6-18(17)27(19)21(22)23)12-25-20(28)14(2)29-16-9-7-15(11-24)8-10-16/h3-10,13-14,21H,12H2,1-2H3,(H,25,28)/t13-,14-/m0/s1. The van der Waals surface area contributed by atoms with Gasteiger partial charge in [0.25, 0.3) is 5.91 Å². The molecule has 0 saturated heterocycles. The summed E-state index contributed by atoms with van der Waals surface area (Å²) in [5.41, 5.74) is 1.33. The summed E-state index contributed by atoms with van der Waals surface area (Å²) >= 11 is 0. The topological polar surface area (TPSA) is 79.9 Å². The van der Waals surface area contributed by atoms with Crippen LogP contribution in [0.1, 0.15) is 37.7 Å². The van der Waals surface area contributed by atoms with Crippen molar-refractivity contribution in [1.29, 1.82) is 5.26 Å².